The van der Waals surface area contributed by atoms with Crippen LogP contribution in [0.4, 0.5) is 5.69 Å². The molecule has 0 saturated heterocycles. The van der Waals surface area contributed by atoms with Gasteiger partial charge in [0.05, 0.1) is 23.1 Å². The predicted octanol–water partition coefficient (Wildman–Crippen LogP) is 2.39. The topological polar surface area (TPSA) is 56.8 Å². The Bertz CT molecular complexity index is 469. The number of thioether (sulfide) groups is 1. The second-order valence-corrected chi connectivity index (χ2v) is 5.29. The van der Waals surface area contributed by atoms with Crippen molar-refractivity contribution in [1.29, 1.82) is 0 Å². The molecule has 0 unspecified atom stereocenters. The first-order valence-electron chi connectivity index (χ1n) is 5.66. The fraction of sp³-hybridized carbons (Fsp3) is 0.417. The molecule has 7 heteroatoms. The van der Waals surface area contributed by atoms with Crippen molar-refractivity contribution in [2.75, 3.05) is 37.3 Å². The van der Waals surface area contributed by atoms with Crippen molar-refractivity contribution in [2.24, 2.45) is 0 Å². The quantitative estimate of drug-likeness (QED) is 0.818. The SMILES string of the molecule is COCCSCC(=O)Nc1cc2c(cc1Cl)OCO2. The number of rotatable bonds is 6. The number of amides is 1. The van der Waals surface area contributed by atoms with Crippen LogP contribution >= 0.6 is 23.4 Å². The average molecular weight is 304 g/mol. The molecular weight excluding hydrogens is 290 g/mol. The highest BCUT2D eigenvalue weighted by Gasteiger charge is 2.17. The van der Waals surface area contributed by atoms with Crippen LogP contribution in [0.15, 0.2) is 12.1 Å². The number of anilines is 1. The van der Waals surface area contributed by atoms with Crippen LogP contribution in [-0.4, -0.2) is 37.9 Å². The monoisotopic (exact) mass is 303 g/mol. The third kappa shape index (κ3) is 3.92. The summed E-state index contributed by atoms with van der Waals surface area (Å²) >= 11 is 7.56. The van der Waals surface area contributed by atoms with Gasteiger partial charge in [-0.15, -0.1) is 11.8 Å². The minimum Gasteiger partial charge on any atom is -0.454 e. The van der Waals surface area contributed by atoms with Crippen molar-refractivity contribution in [3.63, 3.8) is 0 Å². The van der Waals surface area contributed by atoms with E-state index in [1.807, 2.05) is 0 Å². The predicted molar refractivity (Wildman–Crippen MR) is 75.4 cm³/mol. The van der Waals surface area contributed by atoms with Crippen LogP contribution < -0.4 is 14.8 Å². The van der Waals surface area contributed by atoms with Crippen molar-refractivity contribution in [3.05, 3.63) is 17.2 Å². The number of hydrogen-bond acceptors (Lipinski definition) is 5. The molecule has 1 aliphatic rings. The molecule has 2 rings (SSSR count). The highest BCUT2D eigenvalue weighted by atomic mass is 35.5. The summed E-state index contributed by atoms with van der Waals surface area (Å²) in [4.78, 5) is 11.7. The summed E-state index contributed by atoms with van der Waals surface area (Å²) in [6.45, 7) is 0.804. The Morgan fingerprint density at radius 2 is 2.21 bits per heavy atom. The number of fused-ring (bicyclic) bond motifs is 1. The molecule has 1 N–H and O–H groups in total. The molecule has 0 spiro atoms. The van der Waals surface area contributed by atoms with E-state index in [9.17, 15) is 4.79 Å². The van der Waals surface area contributed by atoms with E-state index in [-0.39, 0.29) is 12.7 Å². The standard InChI is InChI=1S/C12H14ClNO4S/c1-16-2-3-19-6-12(15)14-9-5-11-10(4-8(9)13)17-7-18-11/h4-5H,2-3,6-7H2,1H3,(H,14,15). The first kappa shape index (κ1) is 14.3. The number of nitrogens with one attached hydrogen (secondary N) is 1. The maximum absolute atomic E-state index is 11.7. The number of halogens is 1. The zero-order valence-electron chi connectivity index (χ0n) is 10.4. The molecule has 1 aromatic rings. The van der Waals surface area contributed by atoms with Crippen LogP contribution in [0.3, 0.4) is 0 Å². The Labute approximate surface area is 120 Å². The van der Waals surface area contributed by atoms with E-state index in [2.05, 4.69) is 5.32 Å². The number of ether oxygens (including phenoxy) is 3. The molecular formula is C12H14ClNO4S. The van der Waals surface area contributed by atoms with E-state index in [1.54, 1.807) is 19.2 Å². The van der Waals surface area contributed by atoms with Gasteiger partial charge in [-0.2, -0.15) is 0 Å². The normalized spacial score (nSPS) is 12.5. The number of hydrogen-bond donors (Lipinski definition) is 1. The average Bonchev–Trinajstić information content (AvgIpc) is 2.82. The molecule has 19 heavy (non-hydrogen) atoms. The third-order valence-electron chi connectivity index (χ3n) is 2.40. The highest BCUT2D eigenvalue weighted by Crippen LogP contribution is 2.39. The van der Waals surface area contributed by atoms with Crippen molar-refractivity contribution < 1.29 is 19.0 Å². The van der Waals surface area contributed by atoms with E-state index < -0.39 is 0 Å². The minimum atomic E-state index is -0.109. The van der Waals surface area contributed by atoms with Crippen LogP contribution in [-0.2, 0) is 9.53 Å². The molecule has 104 valence electrons. The lowest BCUT2D eigenvalue weighted by atomic mass is 10.2. The molecule has 0 radical (unpaired) electrons. The molecule has 0 fully saturated rings. The van der Waals surface area contributed by atoms with Gasteiger partial charge in [0.1, 0.15) is 0 Å². The maximum atomic E-state index is 11.7. The lowest BCUT2D eigenvalue weighted by molar-refractivity contribution is -0.113. The molecule has 0 aromatic heterocycles. The summed E-state index contributed by atoms with van der Waals surface area (Å²) in [5.74, 6) is 2.21. The molecule has 0 saturated carbocycles. The van der Waals surface area contributed by atoms with Gasteiger partial charge in [0.25, 0.3) is 0 Å². The van der Waals surface area contributed by atoms with Gasteiger partial charge < -0.3 is 19.5 Å². The van der Waals surface area contributed by atoms with Crippen molar-refractivity contribution in [3.8, 4) is 11.5 Å². The van der Waals surface area contributed by atoms with Crippen molar-refractivity contribution >= 4 is 35.0 Å². The van der Waals surface area contributed by atoms with Gasteiger partial charge in [0.15, 0.2) is 11.5 Å². The maximum Gasteiger partial charge on any atom is 0.234 e. The lowest BCUT2D eigenvalue weighted by Crippen LogP contribution is -2.15. The molecule has 1 aromatic carbocycles. The minimum absolute atomic E-state index is 0.109. The van der Waals surface area contributed by atoms with Crippen molar-refractivity contribution in [2.45, 2.75) is 0 Å². The van der Waals surface area contributed by atoms with Crippen molar-refractivity contribution in [1.82, 2.24) is 0 Å². The Hall–Kier alpha value is -1.11. The summed E-state index contributed by atoms with van der Waals surface area (Å²) in [7, 11) is 1.63. The molecule has 1 aliphatic heterocycles. The molecule has 0 atom stereocenters. The molecule has 0 aliphatic carbocycles. The van der Waals surface area contributed by atoms with Gasteiger partial charge in [-0.1, -0.05) is 11.6 Å². The lowest BCUT2D eigenvalue weighted by Gasteiger charge is -2.08. The van der Waals surface area contributed by atoms with Crippen LogP contribution in [0.25, 0.3) is 0 Å². The largest absolute Gasteiger partial charge is 0.454 e. The van der Waals surface area contributed by atoms with E-state index in [0.717, 1.165) is 5.75 Å². The molecule has 1 amide bonds. The summed E-state index contributed by atoms with van der Waals surface area (Å²) < 4.78 is 15.3. The summed E-state index contributed by atoms with van der Waals surface area (Å²) in [5, 5.41) is 3.18. The highest BCUT2D eigenvalue weighted by molar-refractivity contribution is 7.99. The van der Waals surface area contributed by atoms with E-state index >= 15 is 0 Å². The van der Waals surface area contributed by atoms with E-state index in [1.165, 1.54) is 11.8 Å². The van der Waals surface area contributed by atoms with Gasteiger partial charge >= 0.3 is 0 Å². The zero-order chi connectivity index (χ0) is 13.7. The first-order valence-corrected chi connectivity index (χ1v) is 7.19. The summed E-state index contributed by atoms with van der Waals surface area (Å²) in [6, 6.07) is 3.31. The summed E-state index contributed by atoms with van der Waals surface area (Å²) in [6.07, 6.45) is 0. The Morgan fingerprint density at radius 3 is 2.95 bits per heavy atom. The number of carbonyl (C=O) groups excluding carboxylic acids is 1. The molecule has 5 nitrogen and oxygen atoms in total. The Morgan fingerprint density at radius 1 is 1.47 bits per heavy atom. The van der Waals surface area contributed by atoms with Crippen LogP contribution in [0, 0.1) is 0 Å². The van der Waals surface area contributed by atoms with Crippen LogP contribution in [0.2, 0.25) is 5.02 Å². The number of carbonyl (C=O) groups is 1. The Kier molecular flexibility index (Phi) is 5.18. The van der Waals surface area contributed by atoms with Gasteiger partial charge in [-0.25, -0.2) is 0 Å². The second-order valence-electron chi connectivity index (χ2n) is 3.78. The third-order valence-corrected chi connectivity index (χ3v) is 3.64. The van der Waals surface area contributed by atoms with Gasteiger partial charge in [0, 0.05) is 25.0 Å². The Balaban J connectivity index is 1.90. The van der Waals surface area contributed by atoms with Gasteiger partial charge in [-0.3, -0.25) is 4.79 Å². The van der Waals surface area contributed by atoms with Gasteiger partial charge in [-0.05, 0) is 0 Å². The van der Waals surface area contributed by atoms with Crippen LogP contribution in [0.1, 0.15) is 0 Å². The van der Waals surface area contributed by atoms with E-state index in [4.69, 9.17) is 25.8 Å². The van der Waals surface area contributed by atoms with Gasteiger partial charge in [0.2, 0.25) is 12.7 Å². The second kappa shape index (κ2) is 6.88. The number of methoxy groups -OCH3 is 1. The molecule has 1 heterocycles. The van der Waals surface area contributed by atoms with E-state index in [0.29, 0.717) is 34.6 Å². The first-order chi connectivity index (χ1) is 9.20. The summed E-state index contributed by atoms with van der Waals surface area (Å²) in [5.41, 5.74) is 0.531. The molecule has 0 bridgehead atoms. The fourth-order valence-electron chi connectivity index (χ4n) is 1.51. The van der Waals surface area contributed by atoms with Crippen LogP contribution in [0.5, 0.6) is 11.5 Å². The number of benzene rings is 1. The smallest absolute Gasteiger partial charge is 0.234 e. The fourth-order valence-corrected chi connectivity index (χ4v) is 2.39. The zero-order valence-corrected chi connectivity index (χ0v) is 12.0.